The van der Waals surface area contributed by atoms with Crippen molar-refractivity contribution in [3.8, 4) is 66.8 Å². The Hall–Kier alpha value is -8.00. The van der Waals surface area contributed by atoms with Gasteiger partial charge in [-0.1, -0.05) is 237 Å². The van der Waals surface area contributed by atoms with Gasteiger partial charge in [-0.15, -0.1) is 0 Å². The van der Waals surface area contributed by atoms with E-state index in [1.165, 1.54) is 111 Å². The van der Waals surface area contributed by atoms with Gasteiger partial charge >= 0.3 is 0 Å². The number of hydrogen-bond acceptors (Lipinski definition) is 1. The number of fused-ring (bicyclic) bond motifs is 13. The Labute approximate surface area is 432 Å². The minimum absolute atomic E-state index is 0.0169. The lowest BCUT2D eigenvalue weighted by Crippen LogP contribution is -2.27. The van der Waals surface area contributed by atoms with E-state index in [4.69, 9.17) is 0 Å². The smallest absolute Gasteiger partial charge is 0.0725 e. The van der Waals surface area contributed by atoms with Crippen molar-refractivity contribution in [2.75, 3.05) is 4.90 Å². The molecule has 73 heavy (non-hydrogen) atoms. The highest BCUT2D eigenvalue weighted by Gasteiger charge is 2.53. The molecule has 0 aromatic heterocycles. The highest BCUT2D eigenvalue weighted by Crippen LogP contribution is 2.65. The van der Waals surface area contributed by atoms with Crippen LogP contribution in [0.3, 0.4) is 0 Å². The molecule has 10 aromatic carbocycles. The summed E-state index contributed by atoms with van der Waals surface area (Å²) in [6.07, 6.45) is 0. The van der Waals surface area contributed by atoms with Gasteiger partial charge in [0.15, 0.2) is 0 Å². The summed E-state index contributed by atoms with van der Waals surface area (Å²) in [7, 11) is 0. The van der Waals surface area contributed by atoms with E-state index in [9.17, 15) is 0 Å². The van der Waals surface area contributed by atoms with E-state index < -0.39 is 5.41 Å². The maximum atomic E-state index is 2.57. The predicted octanol–water partition coefficient (Wildman–Crippen LogP) is 19.4. The van der Waals surface area contributed by atoms with Gasteiger partial charge in [0.25, 0.3) is 0 Å². The van der Waals surface area contributed by atoms with Gasteiger partial charge in [0.05, 0.1) is 5.41 Å². The molecule has 3 aliphatic carbocycles. The van der Waals surface area contributed by atoms with E-state index in [1.54, 1.807) is 0 Å². The molecule has 10 aromatic rings. The number of benzene rings is 10. The Kier molecular flexibility index (Phi) is 10.0. The van der Waals surface area contributed by atoms with E-state index in [2.05, 4.69) is 285 Å². The lowest BCUT2D eigenvalue weighted by molar-refractivity contribution is 0.586. The van der Waals surface area contributed by atoms with E-state index >= 15 is 0 Å². The van der Waals surface area contributed by atoms with Gasteiger partial charge in [0.2, 0.25) is 0 Å². The number of hydrogen-bond donors (Lipinski definition) is 0. The van der Waals surface area contributed by atoms with Crippen molar-refractivity contribution >= 4 is 17.1 Å². The molecule has 1 heteroatoms. The molecular weight excluding hydrogens is 879 g/mol. The molecule has 0 unspecified atom stereocenters. The molecule has 0 fully saturated rings. The fraction of sp³-hybridized carbons (Fsp3) is 0.167. The fourth-order valence-corrected chi connectivity index (χ4v) is 12.8. The van der Waals surface area contributed by atoms with Gasteiger partial charge in [0.1, 0.15) is 0 Å². The molecule has 0 heterocycles. The van der Waals surface area contributed by atoms with Crippen molar-refractivity contribution in [1.29, 1.82) is 0 Å². The molecule has 0 radical (unpaired) electrons. The topological polar surface area (TPSA) is 3.24 Å². The molecule has 354 valence electrons. The molecular formula is C72H61N. The summed E-state index contributed by atoms with van der Waals surface area (Å²) >= 11 is 0. The van der Waals surface area contributed by atoms with Crippen LogP contribution in [0.15, 0.2) is 224 Å². The van der Waals surface area contributed by atoms with Gasteiger partial charge < -0.3 is 4.90 Å². The van der Waals surface area contributed by atoms with E-state index in [1.807, 2.05) is 0 Å². The van der Waals surface area contributed by atoms with Crippen molar-refractivity contribution in [3.63, 3.8) is 0 Å². The van der Waals surface area contributed by atoms with Gasteiger partial charge in [-0.3, -0.25) is 0 Å². The summed E-state index contributed by atoms with van der Waals surface area (Å²) in [6.45, 7) is 18.8. The predicted molar refractivity (Wildman–Crippen MR) is 309 cm³/mol. The minimum atomic E-state index is -0.455. The molecule has 0 aliphatic heterocycles. The van der Waals surface area contributed by atoms with Crippen molar-refractivity contribution < 1.29 is 0 Å². The van der Waals surface area contributed by atoms with Crippen LogP contribution in [0.4, 0.5) is 17.1 Å². The third kappa shape index (κ3) is 6.81. The van der Waals surface area contributed by atoms with Crippen LogP contribution in [-0.4, -0.2) is 0 Å². The van der Waals surface area contributed by atoms with E-state index in [0.29, 0.717) is 0 Å². The summed E-state index contributed by atoms with van der Waals surface area (Å²) in [4.78, 5) is 2.41. The second kappa shape index (κ2) is 16.3. The van der Waals surface area contributed by atoms with Crippen LogP contribution in [0.1, 0.15) is 99.9 Å². The van der Waals surface area contributed by atoms with Crippen LogP contribution in [-0.2, 0) is 21.7 Å². The van der Waals surface area contributed by atoms with E-state index in [-0.39, 0.29) is 16.2 Å². The largest absolute Gasteiger partial charge is 0.311 e. The monoisotopic (exact) mass is 939 g/mol. The zero-order valence-electron chi connectivity index (χ0n) is 43.3. The maximum Gasteiger partial charge on any atom is 0.0725 e. The number of anilines is 3. The summed E-state index contributed by atoms with van der Waals surface area (Å²) in [6, 6.07) is 85.0. The second-order valence-corrected chi connectivity index (χ2v) is 23.3. The molecule has 0 bridgehead atoms. The van der Waals surface area contributed by atoms with Crippen molar-refractivity contribution in [2.24, 2.45) is 0 Å². The first-order valence-corrected chi connectivity index (χ1v) is 26.2. The average Bonchev–Trinajstić information content (AvgIpc) is 3.98. The highest BCUT2D eigenvalue weighted by atomic mass is 15.1. The normalized spacial score (nSPS) is 14.2. The Bertz CT molecular complexity index is 3750. The van der Waals surface area contributed by atoms with Gasteiger partial charge in [-0.2, -0.15) is 0 Å². The van der Waals surface area contributed by atoms with Crippen molar-refractivity contribution in [2.45, 2.75) is 77.0 Å². The Morgan fingerprint density at radius 1 is 0.288 bits per heavy atom. The lowest BCUT2D eigenvalue weighted by Gasteiger charge is -2.33. The molecule has 0 atom stereocenters. The zero-order valence-corrected chi connectivity index (χ0v) is 43.3. The molecule has 0 saturated heterocycles. The number of rotatable bonds is 6. The van der Waals surface area contributed by atoms with Gasteiger partial charge in [0, 0.05) is 22.5 Å². The van der Waals surface area contributed by atoms with Crippen LogP contribution in [0, 0.1) is 0 Å². The summed E-state index contributed by atoms with van der Waals surface area (Å²) in [5.74, 6) is 0. The summed E-state index contributed by atoms with van der Waals surface area (Å²) < 4.78 is 0. The molecule has 0 N–H and O–H groups in total. The number of nitrogens with zero attached hydrogens (tertiary/aromatic N) is 1. The van der Waals surface area contributed by atoms with Crippen LogP contribution >= 0.6 is 0 Å². The van der Waals surface area contributed by atoms with Crippen LogP contribution in [0.25, 0.3) is 66.8 Å². The first-order chi connectivity index (χ1) is 35.2. The van der Waals surface area contributed by atoms with E-state index in [0.717, 1.165) is 17.1 Å². The molecule has 0 amide bonds. The van der Waals surface area contributed by atoms with Crippen LogP contribution < -0.4 is 4.90 Å². The average molecular weight is 940 g/mol. The Morgan fingerprint density at radius 2 is 0.712 bits per heavy atom. The standard InChI is InChI=1S/C72H61N/c1-69(2,3)50-35-42-59-65(44-50)72(62-26-16-12-21-56(62)57-22-13-17-27-63(57)72)66-45-51(70(4,5)6)43-60(68(59)66)49-33-40-54(41-34-49)73(52-36-29-47(30-37-52)46-19-10-9-11-20-46)53-38-31-48(32-39-53)55-24-18-28-64-67(55)58-23-14-15-25-61(58)71(64,7)8/h9-45H,1-8H3. The molecule has 13 rings (SSSR count). The quantitative estimate of drug-likeness (QED) is 0.161. The van der Waals surface area contributed by atoms with Crippen LogP contribution in [0.2, 0.25) is 0 Å². The summed E-state index contributed by atoms with van der Waals surface area (Å²) in [5.41, 5.74) is 29.1. The third-order valence-electron chi connectivity index (χ3n) is 16.6. The maximum absolute atomic E-state index is 2.57. The summed E-state index contributed by atoms with van der Waals surface area (Å²) in [5, 5.41) is 0. The fourth-order valence-electron chi connectivity index (χ4n) is 12.8. The molecule has 0 saturated carbocycles. The molecule has 1 spiro atoms. The first kappa shape index (κ1) is 44.9. The zero-order chi connectivity index (χ0) is 50.0. The van der Waals surface area contributed by atoms with Gasteiger partial charge in [-0.25, -0.2) is 0 Å². The first-order valence-electron chi connectivity index (χ1n) is 26.2. The Balaban J connectivity index is 0.973. The van der Waals surface area contributed by atoms with Gasteiger partial charge in [-0.05, 0) is 165 Å². The molecule has 3 aliphatic rings. The highest BCUT2D eigenvalue weighted by molar-refractivity contribution is 6.01. The SMILES string of the molecule is CC(C)(C)c1ccc2c(c1)C1(c3ccccc3-c3ccccc31)c1cc(C(C)(C)C)cc(-c3ccc(N(c4ccc(-c5ccccc5)cc4)c4ccc(-c5cccc6c5-c5ccccc5C6(C)C)cc4)cc3)c1-2. The lowest BCUT2D eigenvalue weighted by atomic mass is 9.68. The van der Waals surface area contributed by atoms with Crippen molar-refractivity contribution in [1.82, 2.24) is 0 Å². The van der Waals surface area contributed by atoms with Crippen LogP contribution in [0.5, 0.6) is 0 Å². The third-order valence-corrected chi connectivity index (χ3v) is 16.6. The Morgan fingerprint density at radius 3 is 1.29 bits per heavy atom. The minimum Gasteiger partial charge on any atom is -0.311 e. The van der Waals surface area contributed by atoms with Crippen molar-refractivity contribution in [3.05, 3.63) is 269 Å². The molecule has 1 nitrogen and oxygen atoms in total. The second-order valence-electron chi connectivity index (χ2n) is 23.3.